The van der Waals surface area contributed by atoms with Gasteiger partial charge in [-0.25, -0.2) is 0 Å². The predicted molar refractivity (Wildman–Crippen MR) is 129 cm³/mol. The number of ether oxygens (including phenoxy) is 1. The second kappa shape index (κ2) is 8.74. The smallest absolute Gasteiger partial charge is 0.310 e. The summed E-state index contributed by atoms with van der Waals surface area (Å²) in [5.74, 6) is 0.579. The van der Waals surface area contributed by atoms with E-state index in [0.717, 1.165) is 49.2 Å². The van der Waals surface area contributed by atoms with Gasteiger partial charge in [0.1, 0.15) is 11.5 Å². The van der Waals surface area contributed by atoms with Crippen molar-refractivity contribution in [2.24, 2.45) is 11.8 Å². The van der Waals surface area contributed by atoms with Crippen molar-refractivity contribution < 1.29 is 19.2 Å². The third kappa shape index (κ3) is 3.96. The van der Waals surface area contributed by atoms with Crippen molar-refractivity contribution in [2.45, 2.75) is 56.8 Å². The van der Waals surface area contributed by atoms with Gasteiger partial charge in [0.25, 0.3) is 0 Å². The fourth-order valence-corrected chi connectivity index (χ4v) is 6.25. The highest BCUT2D eigenvalue weighted by atomic mass is 35.5. The summed E-state index contributed by atoms with van der Waals surface area (Å²) in [4.78, 5) is 13.6. The third-order valence-electron chi connectivity index (χ3n) is 7.61. The molecule has 6 rings (SSSR count). The molecule has 178 valence electrons. The zero-order valence-corrected chi connectivity index (χ0v) is 20.1. The van der Waals surface area contributed by atoms with Crippen molar-refractivity contribution in [3.05, 3.63) is 63.5 Å². The third-order valence-corrected chi connectivity index (χ3v) is 8.24. The molecule has 1 aliphatic heterocycles. The second-order valence-electron chi connectivity index (χ2n) is 9.80. The lowest BCUT2D eigenvalue weighted by atomic mass is 9.98. The van der Waals surface area contributed by atoms with Crippen LogP contribution in [0.15, 0.2) is 46.6 Å². The highest BCUT2D eigenvalue weighted by Crippen LogP contribution is 2.47. The standard InChI is InChI=1S/C26H26Cl2N2O4/c27-20-2-1-3-21(28)23(20)24-19(25(34-29-24)14-4-5-14)13-33-22-11-18-10-16(22)12-30(18)17-8-6-15(7-9-17)26(31)32/h1-3,6,8-9,14-16,18,22H,4-5,7,10-13H2,(H,31,32)/t15?,16-,18-,22+/m0/s1. The molecule has 1 aromatic carbocycles. The van der Waals surface area contributed by atoms with Crippen molar-refractivity contribution >= 4 is 29.2 Å². The monoisotopic (exact) mass is 500 g/mol. The number of carboxylic acid groups (broad SMARTS) is 1. The Morgan fingerprint density at radius 3 is 2.65 bits per heavy atom. The largest absolute Gasteiger partial charge is 0.481 e. The molecule has 34 heavy (non-hydrogen) atoms. The first-order valence-corrected chi connectivity index (χ1v) is 12.7. The van der Waals surface area contributed by atoms with Crippen LogP contribution in [0.1, 0.15) is 49.3 Å². The Morgan fingerprint density at radius 2 is 2.03 bits per heavy atom. The van der Waals surface area contributed by atoms with Crippen LogP contribution in [0.25, 0.3) is 11.3 Å². The lowest BCUT2D eigenvalue weighted by Crippen LogP contribution is -2.38. The minimum atomic E-state index is -0.764. The van der Waals surface area contributed by atoms with Crippen LogP contribution in [0.2, 0.25) is 10.0 Å². The Kier molecular flexibility index (Phi) is 5.71. The molecule has 6 nitrogen and oxygen atoms in total. The van der Waals surface area contributed by atoms with Crippen LogP contribution >= 0.6 is 23.2 Å². The van der Waals surface area contributed by atoms with Gasteiger partial charge in [-0.1, -0.05) is 46.6 Å². The van der Waals surface area contributed by atoms with Crippen LogP contribution in [-0.2, 0) is 16.1 Å². The van der Waals surface area contributed by atoms with E-state index >= 15 is 0 Å². The Balaban J connectivity index is 1.15. The zero-order valence-electron chi connectivity index (χ0n) is 18.6. The SMILES string of the molecule is O=C(O)C1C=CC(N2C[C@@H]3C[C@H]2C[C@H]3OCc2c(-c3c(Cl)cccc3Cl)noc2C2CC2)=CC1. The van der Waals surface area contributed by atoms with E-state index in [0.29, 0.717) is 52.2 Å². The second-order valence-corrected chi connectivity index (χ2v) is 10.6. The van der Waals surface area contributed by atoms with Crippen molar-refractivity contribution in [3.8, 4) is 11.3 Å². The Bertz CT molecular complexity index is 1170. The van der Waals surface area contributed by atoms with Gasteiger partial charge in [0, 0.05) is 41.2 Å². The summed E-state index contributed by atoms with van der Waals surface area (Å²) in [6.45, 7) is 1.37. The number of carbonyl (C=O) groups is 1. The maximum absolute atomic E-state index is 11.2. The topological polar surface area (TPSA) is 75.8 Å². The van der Waals surface area contributed by atoms with E-state index < -0.39 is 11.9 Å². The number of fused-ring (bicyclic) bond motifs is 2. The number of hydrogen-bond acceptors (Lipinski definition) is 5. The molecule has 4 aliphatic rings. The summed E-state index contributed by atoms with van der Waals surface area (Å²) in [7, 11) is 0. The molecule has 1 unspecified atom stereocenters. The van der Waals surface area contributed by atoms with Gasteiger partial charge < -0.3 is 19.3 Å². The molecule has 0 amide bonds. The first-order chi connectivity index (χ1) is 16.5. The maximum atomic E-state index is 11.2. The number of aliphatic carboxylic acids is 1. The van der Waals surface area contributed by atoms with Gasteiger partial charge in [-0.3, -0.25) is 4.79 Å². The number of allylic oxidation sites excluding steroid dienone is 2. The van der Waals surface area contributed by atoms with Crippen molar-refractivity contribution in [1.29, 1.82) is 0 Å². The van der Waals surface area contributed by atoms with Gasteiger partial charge in [0.15, 0.2) is 0 Å². The summed E-state index contributed by atoms with van der Waals surface area (Å²) in [6.07, 6.45) is 10.8. The summed E-state index contributed by atoms with van der Waals surface area (Å²) in [5.41, 5.74) is 3.51. The van der Waals surface area contributed by atoms with Crippen LogP contribution in [0.3, 0.4) is 0 Å². The van der Waals surface area contributed by atoms with Gasteiger partial charge in [0.05, 0.1) is 28.7 Å². The van der Waals surface area contributed by atoms with Crippen molar-refractivity contribution in [1.82, 2.24) is 10.1 Å². The number of hydrogen-bond donors (Lipinski definition) is 1. The molecule has 1 saturated heterocycles. The summed E-state index contributed by atoms with van der Waals surface area (Å²) in [5, 5.41) is 14.7. The Labute approximate surface area is 208 Å². The minimum absolute atomic E-state index is 0.178. The number of nitrogens with zero attached hydrogens (tertiary/aromatic N) is 2. The maximum Gasteiger partial charge on any atom is 0.310 e. The van der Waals surface area contributed by atoms with Crippen LogP contribution in [-0.4, -0.2) is 39.8 Å². The fraction of sp³-hybridized carbons (Fsp3) is 0.462. The van der Waals surface area contributed by atoms with Gasteiger partial charge in [-0.15, -0.1) is 0 Å². The predicted octanol–water partition coefficient (Wildman–Crippen LogP) is 6.05. The van der Waals surface area contributed by atoms with Crippen LogP contribution in [0.4, 0.5) is 0 Å². The zero-order chi connectivity index (χ0) is 23.4. The van der Waals surface area contributed by atoms with Crippen molar-refractivity contribution in [2.75, 3.05) is 6.54 Å². The number of aromatic nitrogens is 1. The van der Waals surface area contributed by atoms with Gasteiger partial charge in [-0.2, -0.15) is 0 Å². The molecule has 8 heteroatoms. The van der Waals surface area contributed by atoms with E-state index in [1.165, 1.54) is 0 Å². The molecule has 1 N–H and O–H groups in total. The lowest BCUT2D eigenvalue weighted by molar-refractivity contribution is -0.140. The van der Waals surface area contributed by atoms with E-state index in [-0.39, 0.29) is 6.10 Å². The molecule has 2 bridgehead atoms. The molecule has 2 aromatic rings. The van der Waals surface area contributed by atoms with E-state index in [2.05, 4.69) is 16.1 Å². The first-order valence-electron chi connectivity index (χ1n) is 11.9. The van der Waals surface area contributed by atoms with Gasteiger partial charge in [-0.05, 0) is 50.3 Å². The highest BCUT2D eigenvalue weighted by Gasteiger charge is 2.46. The molecule has 0 spiro atoms. The van der Waals surface area contributed by atoms with Crippen molar-refractivity contribution in [3.63, 3.8) is 0 Å². The fourth-order valence-electron chi connectivity index (χ4n) is 5.67. The Morgan fingerprint density at radius 1 is 1.24 bits per heavy atom. The van der Waals surface area contributed by atoms with Crippen LogP contribution in [0.5, 0.6) is 0 Å². The number of benzene rings is 1. The van der Waals surface area contributed by atoms with E-state index in [1.54, 1.807) is 0 Å². The van der Waals surface area contributed by atoms with E-state index in [1.807, 2.05) is 30.4 Å². The molecular weight excluding hydrogens is 475 g/mol. The molecule has 3 aliphatic carbocycles. The summed E-state index contributed by atoms with van der Waals surface area (Å²) < 4.78 is 12.3. The quantitative estimate of drug-likeness (QED) is 0.498. The highest BCUT2D eigenvalue weighted by molar-refractivity contribution is 6.39. The van der Waals surface area contributed by atoms with E-state index in [9.17, 15) is 9.90 Å². The number of likely N-dealkylation sites (tertiary alicyclic amines) is 1. The summed E-state index contributed by atoms with van der Waals surface area (Å²) in [6, 6.07) is 5.88. The number of carboxylic acids is 1. The molecular formula is C26H26Cl2N2O4. The average molecular weight is 501 g/mol. The van der Waals surface area contributed by atoms with Crippen LogP contribution in [0, 0.1) is 11.8 Å². The molecule has 1 aromatic heterocycles. The average Bonchev–Trinajstić information content (AvgIpc) is 3.28. The number of rotatable bonds is 7. The molecule has 2 heterocycles. The molecule has 3 fully saturated rings. The van der Waals surface area contributed by atoms with Gasteiger partial charge >= 0.3 is 5.97 Å². The minimum Gasteiger partial charge on any atom is -0.481 e. The summed E-state index contributed by atoms with van der Waals surface area (Å²) >= 11 is 13.0. The van der Waals surface area contributed by atoms with Crippen LogP contribution < -0.4 is 0 Å². The normalized spacial score (nSPS) is 27.9. The molecule has 0 radical (unpaired) electrons. The molecule has 4 atom stereocenters. The van der Waals surface area contributed by atoms with E-state index in [4.69, 9.17) is 32.5 Å². The molecule has 2 saturated carbocycles. The first kappa shape index (κ1) is 22.2. The number of piperidine rings is 1. The Hall–Kier alpha value is -2.28. The van der Waals surface area contributed by atoms with Gasteiger partial charge in [0.2, 0.25) is 0 Å². The lowest BCUT2D eigenvalue weighted by Gasteiger charge is -2.35. The number of halogens is 2.